The predicted molar refractivity (Wildman–Crippen MR) is 106 cm³/mol. The van der Waals surface area contributed by atoms with Gasteiger partial charge in [-0.05, 0) is 43.3 Å². The smallest absolute Gasteiger partial charge is 0.317 e. The predicted octanol–water partition coefficient (Wildman–Crippen LogP) is 3.27. The molecule has 4 rings (SSSR count). The average Bonchev–Trinajstić information content (AvgIpc) is 3.28. The van der Waals surface area contributed by atoms with E-state index in [1.807, 2.05) is 12.1 Å². The van der Waals surface area contributed by atoms with E-state index in [0.29, 0.717) is 17.6 Å². The second-order valence-corrected chi connectivity index (χ2v) is 8.00. The number of carboxylic acid groups (broad SMARTS) is 1. The molecule has 3 atom stereocenters. The molecule has 1 aliphatic heterocycles. The summed E-state index contributed by atoms with van der Waals surface area (Å²) in [6.45, 7) is 0.992. The van der Waals surface area contributed by atoms with Crippen molar-refractivity contribution in [2.45, 2.75) is 37.6 Å². The molecule has 3 aromatic rings. The van der Waals surface area contributed by atoms with E-state index in [-0.39, 0.29) is 19.2 Å². The van der Waals surface area contributed by atoms with E-state index in [4.69, 9.17) is 26.0 Å². The third kappa shape index (κ3) is 4.77. The highest BCUT2D eigenvalue weighted by molar-refractivity contribution is 6.19. The number of carboxylic acids is 1. The molecule has 0 bridgehead atoms. The van der Waals surface area contributed by atoms with Crippen LogP contribution in [0.5, 0.6) is 0 Å². The molecule has 9 heteroatoms. The lowest BCUT2D eigenvalue weighted by molar-refractivity contribution is -0.138. The number of aromatic nitrogens is 3. The maximum Gasteiger partial charge on any atom is 0.317 e. The molecule has 1 saturated heterocycles. The fraction of sp³-hybridized carbons (Fsp3) is 0.450. The molecule has 0 spiro atoms. The summed E-state index contributed by atoms with van der Waals surface area (Å²) in [6.07, 6.45) is 3.24. The lowest BCUT2D eigenvalue weighted by Gasteiger charge is -2.31. The lowest BCUT2D eigenvalue weighted by Crippen LogP contribution is -2.28. The lowest BCUT2D eigenvalue weighted by atomic mass is 9.95. The summed E-state index contributed by atoms with van der Waals surface area (Å²) < 4.78 is 13.4. The van der Waals surface area contributed by atoms with Gasteiger partial charge in [0.15, 0.2) is 0 Å². The van der Waals surface area contributed by atoms with E-state index >= 15 is 0 Å². The number of halogens is 1. The second kappa shape index (κ2) is 8.52. The molecule has 1 fully saturated rings. The molecular weight excluding hydrogens is 396 g/mol. The van der Waals surface area contributed by atoms with Crippen molar-refractivity contribution in [2.24, 2.45) is 5.92 Å². The topological polar surface area (TPSA) is 93.6 Å². The van der Waals surface area contributed by atoms with Crippen molar-refractivity contribution >= 4 is 28.5 Å². The maximum absolute atomic E-state index is 10.8. The van der Waals surface area contributed by atoms with Gasteiger partial charge < -0.3 is 18.9 Å². The Hall–Kier alpha value is -2.42. The summed E-state index contributed by atoms with van der Waals surface area (Å²) in [6, 6.07) is 10.4. The SMILES string of the molecule is CN(CC(=O)O)Cc1nc(C2CC(Cn3ccc4ccccc43)CC(Cl)O2)no1. The summed E-state index contributed by atoms with van der Waals surface area (Å²) in [5.74, 6) is 0.213. The minimum atomic E-state index is -0.909. The summed E-state index contributed by atoms with van der Waals surface area (Å²) in [7, 11) is 1.68. The highest BCUT2D eigenvalue weighted by atomic mass is 35.5. The van der Waals surface area contributed by atoms with E-state index in [9.17, 15) is 4.79 Å². The fourth-order valence-corrected chi connectivity index (χ4v) is 4.20. The number of ether oxygens (including phenoxy) is 1. The van der Waals surface area contributed by atoms with Crippen LogP contribution in [0.15, 0.2) is 41.1 Å². The standard InChI is InChI=1S/C20H23ClN4O4/c1-24(12-19(26)27)11-18-22-20(23-29-18)16-8-13(9-17(21)28-16)10-25-7-6-14-4-2-3-5-15(14)25/h2-7,13,16-17H,8-12H2,1H3,(H,26,27). The van der Waals surface area contributed by atoms with E-state index < -0.39 is 11.5 Å². The Morgan fingerprint density at radius 1 is 1.34 bits per heavy atom. The molecule has 154 valence electrons. The molecule has 0 radical (unpaired) electrons. The Balaban J connectivity index is 1.43. The zero-order chi connectivity index (χ0) is 20.4. The Morgan fingerprint density at radius 2 is 2.17 bits per heavy atom. The van der Waals surface area contributed by atoms with E-state index in [1.165, 1.54) is 10.9 Å². The van der Waals surface area contributed by atoms with E-state index in [1.54, 1.807) is 11.9 Å². The molecule has 0 amide bonds. The third-order valence-electron chi connectivity index (χ3n) is 5.10. The van der Waals surface area contributed by atoms with Crippen molar-refractivity contribution < 1.29 is 19.2 Å². The number of nitrogens with zero attached hydrogens (tertiary/aromatic N) is 4. The van der Waals surface area contributed by atoms with Gasteiger partial charge in [-0.1, -0.05) is 35.0 Å². The van der Waals surface area contributed by atoms with E-state index in [0.717, 1.165) is 19.4 Å². The Bertz CT molecular complexity index is 988. The zero-order valence-electron chi connectivity index (χ0n) is 16.1. The number of rotatable bonds is 7. The van der Waals surface area contributed by atoms with Crippen molar-refractivity contribution in [3.05, 3.63) is 48.2 Å². The van der Waals surface area contributed by atoms with Gasteiger partial charge in [-0.3, -0.25) is 9.69 Å². The van der Waals surface area contributed by atoms with Gasteiger partial charge in [0.25, 0.3) is 0 Å². The van der Waals surface area contributed by atoms with Gasteiger partial charge in [0.2, 0.25) is 11.7 Å². The first-order valence-corrected chi connectivity index (χ1v) is 9.98. The first kappa shape index (κ1) is 19.9. The summed E-state index contributed by atoms with van der Waals surface area (Å²) in [5, 5.41) is 14.1. The van der Waals surface area contributed by atoms with Crippen LogP contribution in [0.25, 0.3) is 10.9 Å². The largest absolute Gasteiger partial charge is 0.480 e. The number of para-hydroxylation sites is 1. The van der Waals surface area contributed by atoms with Crippen LogP contribution in [-0.4, -0.2) is 49.8 Å². The number of aliphatic carboxylic acids is 1. The molecule has 3 unspecified atom stereocenters. The fourth-order valence-electron chi connectivity index (χ4n) is 3.82. The minimum absolute atomic E-state index is 0.103. The summed E-state index contributed by atoms with van der Waals surface area (Å²) >= 11 is 6.37. The molecule has 1 aromatic carbocycles. The van der Waals surface area contributed by atoms with Crippen LogP contribution >= 0.6 is 11.6 Å². The zero-order valence-corrected chi connectivity index (χ0v) is 16.8. The van der Waals surface area contributed by atoms with Crippen molar-refractivity contribution in [2.75, 3.05) is 13.6 Å². The monoisotopic (exact) mass is 418 g/mol. The molecule has 1 N–H and O–H groups in total. The van der Waals surface area contributed by atoms with E-state index in [2.05, 4.69) is 39.1 Å². The molecule has 29 heavy (non-hydrogen) atoms. The number of fused-ring (bicyclic) bond motifs is 1. The summed E-state index contributed by atoms with van der Waals surface area (Å²) in [5.41, 5.74) is 0.780. The number of alkyl halides is 1. The van der Waals surface area contributed by atoms with Gasteiger partial charge in [0, 0.05) is 18.3 Å². The molecule has 3 heterocycles. The summed E-state index contributed by atoms with van der Waals surface area (Å²) in [4.78, 5) is 16.8. The van der Waals surface area contributed by atoms with Gasteiger partial charge in [0.05, 0.1) is 13.1 Å². The highest BCUT2D eigenvalue weighted by Crippen LogP contribution is 2.36. The first-order chi connectivity index (χ1) is 14.0. The minimum Gasteiger partial charge on any atom is -0.480 e. The van der Waals surface area contributed by atoms with Crippen molar-refractivity contribution in [3.8, 4) is 0 Å². The molecule has 0 saturated carbocycles. The van der Waals surface area contributed by atoms with Gasteiger partial charge >= 0.3 is 5.97 Å². The van der Waals surface area contributed by atoms with Gasteiger partial charge in [-0.2, -0.15) is 4.98 Å². The number of likely N-dealkylation sites (N-methyl/N-ethyl adjacent to an activating group) is 1. The third-order valence-corrected chi connectivity index (χ3v) is 5.38. The second-order valence-electron chi connectivity index (χ2n) is 7.51. The molecule has 1 aliphatic rings. The highest BCUT2D eigenvalue weighted by Gasteiger charge is 2.32. The molecule has 2 aromatic heterocycles. The van der Waals surface area contributed by atoms with Crippen LogP contribution in [-0.2, 0) is 22.6 Å². The van der Waals surface area contributed by atoms with Crippen molar-refractivity contribution in [1.29, 1.82) is 0 Å². The van der Waals surface area contributed by atoms with Crippen molar-refractivity contribution in [3.63, 3.8) is 0 Å². The van der Waals surface area contributed by atoms with Gasteiger partial charge in [0.1, 0.15) is 11.7 Å². The van der Waals surface area contributed by atoms with Crippen LogP contribution in [0, 0.1) is 5.92 Å². The van der Waals surface area contributed by atoms with Crippen LogP contribution in [0.4, 0.5) is 0 Å². The first-order valence-electron chi connectivity index (χ1n) is 9.54. The average molecular weight is 419 g/mol. The van der Waals surface area contributed by atoms with Gasteiger partial charge in [-0.15, -0.1) is 0 Å². The molecular formula is C20H23ClN4O4. The van der Waals surface area contributed by atoms with Gasteiger partial charge in [-0.25, -0.2) is 0 Å². The maximum atomic E-state index is 10.8. The number of hydrogen-bond acceptors (Lipinski definition) is 6. The number of carbonyl (C=O) groups is 1. The number of benzene rings is 1. The molecule has 0 aliphatic carbocycles. The number of hydrogen-bond donors (Lipinski definition) is 1. The van der Waals surface area contributed by atoms with Crippen LogP contribution in [0.3, 0.4) is 0 Å². The Labute approximate surface area is 173 Å². The Morgan fingerprint density at radius 3 is 3.00 bits per heavy atom. The Kier molecular flexibility index (Phi) is 5.84. The normalized spacial score (nSPS) is 22.4. The van der Waals surface area contributed by atoms with Crippen molar-refractivity contribution in [1.82, 2.24) is 19.6 Å². The van der Waals surface area contributed by atoms with Crippen LogP contribution in [0.1, 0.15) is 30.7 Å². The van der Waals surface area contributed by atoms with Crippen LogP contribution < -0.4 is 0 Å². The van der Waals surface area contributed by atoms with Crippen LogP contribution in [0.2, 0.25) is 0 Å². The quantitative estimate of drug-likeness (QED) is 0.588. The molecule has 8 nitrogen and oxygen atoms in total.